The molecule has 0 N–H and O–H groups in total. The molecule has 0 saturated carbocycles. The largest absolute Gasteiger partial charge is 0.248 e. The lowest BCUT2D eigenvalue weighted by atomic mass is 9.88. The zero-order valence-corrected chi connectivity index (χ0v) is 15.2. The van der Waals surface area contributed by atoms with Crippen LogP contribution in [0.1, 0.15) is 38.8 Å². The van der Waals surface area contributed by atoms with E-state index in [1.54, 1.807) is 0 Å². The van der Waals surface area contributed by atoms with E-state index in [0.717, 1.165) is 24.1 Å². The van der Waals surface area contributed by atoms with Crippen LogP contribution in [0.4, 0.5) is 0 Å². The molecule has 124 valence electrons. The lowest BCUT2D eigenvalue weighted by Gasteiger charge is -2.18. The maximum atomic E-state index is 4.93. The number of hydrogen-bond acceptors (Lipinski definition) is 1. The van der Waals surface area contributed by atoms with Gasteiger partial charge in [-0.25, -0.2) is 4.98 Å². The number of rotatable bonds is 5. The molecule has 24 heavy (non-hydrogen) atoms. The van der Waals surface area contributed by atoms with Crippen molar-refractivity contribution >= 4 is 10.9 Å². The molecule has 2 aromatic carbocycles. The van der Waals surface area contributed by atoms with Gasteiger partial charge in [-0.2, -0.15) is 0 Å². The SMILES string of the molecule is CC(C)Cc1cccc(-c2ccc3ccccc3n2)c1CC(C)C. The summed E-state index contributed by atoms with van der Waals surface area (Å²) in [5, 5.41) is 1.20. The Morgan fingerprint density at radius 3 is 2.25 bits per heavy atom. The van der Waals surface area contributed by atoms with Crippen LogP contribution in [0, 0.1) is 11.8 Å². The molecule has 0 saturated heterocycles. The van der Waals surface area contributed by atoms with Crippen LogP contribution in [0.15, 0.2) is 54.6 Å². The lowest BCUT2D eigenvalue weighted by molar-refractivity contribution is 0.616. The van der Waals surface area contributed by atoms with Crippen LogP contribution in [-0.4, -0.2) is 4.98 Å². The molecule has 3 aromatic rings. The highest BCUT2D eigenvalue weighted by Gasteiger charge is 2.14. The maximum Gasteiger partial charge on any atom is 0.0712 e. The first-order valence-electron chi connectivity index (χ1n) is 9.01. The van der Waals surface area contributed by atoms with Gasteiger partial charge in [0, 0.05) is 10.9 Å². The second kappa shape index (κ2) is 7.17. The number of aromatic nitrogens is 1. The number of fused-ring (bicyclic) bond motifs is 1. The summed E-state index contributed by atoms with van der Waals surface area (Å²) < 4.78 is 0. The number of benzene rings is 2. The zero-order valence-electron chi connectivity index (χ0n) is 15.2. The number of nitrogens with zero attached hydrogens (tertiary/aromatic N) is 1. The summed E-state index contributed by atoms with van der Waals surface area (Å²) >= 11 is 0. The standard InChI is InChI=1S/C23H27N/c1-16(2)14-19-9-7-10-20(21(19)15-17(3)4)23-13-12-18-8-5-6-11-22(18)24-23/h5-13,16-17H,14-15H2,1-4H3. The van der Waals surface area contributed by atoms with Gasteiger partial charge < -0.3 is 0 Å². The summed E-state index contributed by atoms with van der Waals surface area (Å²) in [5.74, 6) is 1.30. The van der Waals surface area contributed by atoms with Crippen LogP contribution in [0.2, 0.25) is 0 Å². The third-order valence-electron chi connectivity index (χ3n) is 4.39. The Hall–Kier alpha value is -2.15. The molecule has 0 unspecified atom stereocenters. The van der Waals surface area contributed by atoms with E-state index in [9.17, 15) is 0 Å². The summed E-state index contributed by atoms with van der Waals surface area (Å²) in [6, 6.07) is 19.4. The number of pyridine rings is 1. The molecule has 3 rings (SSSR count). The number of para-hydroxylation sites is 1. The Bertz CT molecular complexity index is 830. The van der Waals surface area contributed by atoms with E-state index in [0.29, 0.717) is 11.8 Å². The number of hydrogen-bond donors (Lipinski definition) is 0. The highest BCUT2D eigenvalue weighted by atomic mass is 14.7. The van der Waals surface area contributed by atoms with Gasteiger partial charge in [0.25, 0.3) is 0 Å². The smallest absolute Gasteiger partial charge is 0.0712 e. The Morgan fingerprint density at radius 2 is 1.50 bits per heavy atom. The third-order valence-corrected chi connectivity index (χ3v) is 4.39. The summed E-state index contributed by atoms with van der Waals surface area (Å²) in [7, 11) is 0. The van der Waals surface area contributed by atoms with Crippen molar-refractivity contribution in [2.75, 3.05) is 0 Å². The highest BCUT2D eigenvalue weighted by molar-refractivity contribution is 5.82. The molecule has 1 aromatic heterocycles. The summed E-state index contributed by atoms with van der Waals surface area (Å²) in [4.78, 5) is 4.93. The van der Waals surface area contributed by atoms with Gasteiger partial charge >= 0.3 is 0 Å². The molecule has 1 heterocycles. The molecule has 0 bridgehead atoms. The van der Waals surface area contributed by atoms with Crippen molar-refractivity contribution in [1.29, 1.82) is 0 Å². The van der Waals surface area contributed by atoms with E-state index in [4.69, 9.17) is 4.98 Å². The molecule has 1 heteroatoms. The van der Waals surface area contributed by atoms with E-state index in [1.807, 2.05) is 0 Å². The molecule has 0 atom stereocenters. The molecule has 0 radical (unpaired) electrons. The molecule has 0 aliphatic rings. The van der Waals surface area contributed by atoms with Crippen LogP contribution < -0.4 is 0 Å². The first kappa shape index (κ1) is 16.7. The fourth-order valence-corrected chi connectivity index (χ4v) is 3.37. The first-order chi connectivity index (χ1) is 11.5. The van der Waals surface area contributed by atoms with Crippen molar-refractivity contribution in [3.8, 4) is 11.3 Å². The zero-order chi connectivity index (χ0) is 17.1. The average molecular weight is 317 g/mol. The van der Waals surface area contributed by atoms with Crippen molar-refractivity contribution in [3.05, 3.63) is 65.7 Å². The minimum absolute atomic E-state index is 0.637. The van der Waals surface area contributed by atoms with Crippen molar-refractivity contribution in [2.45, 2.75) is 40.5 Å². The Balaban J connectivity index is 2.13. The molecule has 0 aliphatic carbocycles. The van der Waals surface area contributed by atoms with Crippen LogP contribution >= 0.6 is 0 Å². The van der Waals surface area contributed by atoms with Gasteiger partial charge in [-0.15, -0.1) is 0 Å². The Labute approximate surface area is 145 Å². The van der Waals surface area contributed by atoms with Crippen molar-refractivity contribution in [2.24, 2.45) is 11.8 Å². The van der Waals surface area contributed by atoms with Gasteiger partial charge in [0.2, 0.25) is 0 Å². The predicted molar refractivity (Wildman–Crippen MR) is 104 cm³/mol. The molecule has 0 aliphatic heterocycles. The van der Waals surface area contributed by atoms with Gasteiger partial charge in [-0.3, -0.25) is 0 Å². The molecule has 0 fully saturated rings. The van der Waals surface area contributed by atoms with Gasteiger partial charge in [-0.1, -0.05) is 70.2 Å². The fourth-order valence-electron chi connectivity index (χ4n) is 3.37. The minimum atomic E-state index is 0.637. The predicted octanol–water partition coefficient (Wildman–Crippen LogP) is 6.30. The third kappa shape index (κ3) is 3.67. The molecule has 0 amide bonds. The molecular weight excluding hydrogens is 290 g/mol. The highest BCUT2D eigenvalue weighted by Crippen LogP contribution is 2.30. The maximum absolute atomic E-state index is 4.93. The fraction of sp³-hybridized carbons (Fsp3) is 0.348. The monoisotopic (exact) mass is 317 g/mol. The summed E-state index contributed by atoms with van der Waals surface area (Å²) in [6.07, 6.45) is 2.23. The quantitative estimate of drug-likeness (QED) is 0.538. The van der Waals surface area contributed by atoms with E-state index in [1.165, 1.54) is 22.1 Å². The lowest BCUT2D eigenvalue weighted by Crippen LogP contribution is -2.05. The summed E-state index contributed by atoms with van der Waals surface area (Å²) in [5.41, 5.74) is 6.41. The van der Waals surface area contributed by atoms with Crippen LogP contribution in [0.3, 0.4) is 0 Å². The van der Waals surface area contributed by atoms with Gasteiger partial charge in [0.1, 0.15) is 0 Å². The summed E-state index contributed by atoms with van der Waals surface area (Å²) in [6.45, 7) is 9.17. The normalized spacial score (nSPS) is 11.6. The van der Waals surface area contributed by atoms with E-state index < -0.39 is 0 Å². The van der Waals surface area contributed by atoms with Crippen molar-refractivity contribution in [1.82, 2.24) is 4.98 Å². The van der Waals surface area contributed by atoms with Crippen molar-refractivity contribution in [3.63, 3.8) is 0 Å². The van der Waals surface area contributed by atoms with Crippen LogP contribution in [-0.2, 0) is 12.8 Å². The van der Waals surface area contributed by atoms with Crippen LogP contribution in [0.25, 0.3) is 22.2 Å². The van der Waals surface area contributed by atoms with E-state index in [2.05, 4.69) is 82.3 Å². The Kier molecular flexibility index (Phi) is 4.99. The minimum Gasteiger partial charge on any atom is -0.248 e. The van der Waals surface area contributed by atoms with Gasteiger partial charge in [-0.05, 0) is 47.9 Å². The van der Waals surface area contributed by atoms with E-state index >= 15 is 0 Å². The molecule has 0 spiro atoms. The molecule has 1 nitrogen and oxygen atoms in total. The van der Waals surface area contributed by atoms with Gasteiger partial charge in [0.05, 0.1) is 11.2 Å². The second-order valence-corrected chi connectivity index (χ2v) is 7.53. The van der Waals surface area contributed by atoms with Gasteiger partial charge in [0.15, 0.2) is 0 Å². The topological polar surface area (TPSA) is 12.9 Å². The first-order valence-corrected chi connectivity index (χ1v) is 9.01. The average Bonchev–Trinajstić information content (AvgIpc) is 2.55. The molecular formula is C23H27N. The van der Waals surface area contributed by atoms with Crippen molar-refractivity contribution < 1.29 is 0 Å². The van der Waals surface area contributed by atoms with Crippen LogP contribution in [0.5, 0.6) is 0 Å². The van der Waals surface area contributed by atoms with E-state index in [-0.39, 0.29) is 0 Å². The Morgan fingerprint density at radius 1 is 0.750 bits per heavy atom. The second-order valence-electron chi connectivity index (χ2n) is 7.53.